The summed E-state index contributed by atoms with van der Waals surface area (Å²) in [7, 11) is 0. The Bertz CT molecular complexity index is 367. The zero-order chi connectivity index (χ0) is 12.1. The summed E-state index contributed by atoms with van der Waals surface area (Å²) >= 11 is 1.91. The van der Waals surface area contributed by atoms with Crippen LogP contribution in [0.3, 0.4) is 0 Å². The lowest BCUT2D eigenvalue weighted by atomic mass is 10.0. The number of ether oxygens (including phenoxy) is 1. The fraction of sp³-hybridized carbons (Fsp3) is 0.571. The van der Waals surface area contributed by atoms with Crippen LogP contribution >= 0.6 is 11.8 Å². The van der Waals surface area contributed by atoms with E-state index in [2.05, 4.69) is 36.7 Å². The van der Waals surface area contributed by atoms with E-state index in [1.807, 2.05) is 11.8 Å². The lowest BCUT2D eigenvalue weighted by Crippen LogP contribution is -2.21. The first-order valence-electron chi connectivity index (χ1n) is 6.33. The predicted molar refractivity (Wildman–Crippen MR) is 75.1 cm³/mol. The molecule has 0 aliphatic carbocycles. The van der Waals surface area contributed by atoms with Crippen LogP contribution in [0.15, 0.2) is 18.2 Å². The van der Waals surface area contributed by atoms with Crippen molar-refractivity contribution in [1.82, 2.24) is 5.32 Å². The van der Waals surface area contributed by atoms with E-state index >= 15 is 0 Å². The van der Waals surface area contributed by atoms with Gasteiger partial charge in [-0.25, -0.2) is 0 Å². The second-order valence-electron chi connectivity index (χ2n) is 4.36. The Hall–Kier alpha value is -0.670. The largest absolute Gasteiger partial charge is 0.493 e. The van der Waals surface area contributed by atoms with Gasteiger partial charge in [-0.15, -0.1) is 0 Å². The maximum absolute atomic E-state index is 5.55. The fourth-order valence-electron chi connectivity index (χ4n) is 2.29. The van der Waals surface area contributed by atoms with E-state index in [0.29, 0.717) is 6.04 Å². The molecule has 0 amide bonds. The number of hydrogen-bond donors (Lipinski definition) is 1. The van der Waals surface area contributed by atoms with Crippen molar-refractivity contribution in [3.05, 3.63) is 29.3 Å². The van der Waals surface area contributed by atoms with Gasteiger partial charge in [0.15, 0.2) is 0 Å². The average Bonchev–Trinajstić information content (AvgIpc) is 2.81. The Morgan fingerprint density at radius 3 is 3.12 bits per heavy atom. The molecule has 1 unspecified atom stereocenters. The zero-order valence-corrected chi connectivity index (χ0v) is 11.5. The molecule has 1 atom stereocenters. The van der Waals surface area contributed by atoms with Gasteiger partial charge in [0.25, 0.3) is 0 Å². The highest BCUT2D eigenvalue weighted by molar-refractivity contribution is 7.98. The molecule has 0 bridgehead atoms. The van der Waals surface area contributed by atoms with Crippen LogP contribution in [0.4, 0.5) is 0 Å². The van der Waals surface area contributed by atoms with Crippen molar-refractivity contribution in [3.8, 4) is 5.75 Å². The minimum atomic E-state index is 0.485. The van der Waals surface area contributed by atoms with Gasteiger partial charge in [-0.3, -0.25) is 0 Å². The van der Waals surface area contributed by atoms with Crippen LogP contribution in [0.25, 0.3) is 0 Å². The van der Waals surface area contributed by atoms with E-state index in [4.69, 9.17) is 4.74 Å². The maximum Gasteiger partial charge on any atom is 0.122 e. The van der Waals surface area contributed by atoms with Gasteiger partial charge < -0.3 is 10.1 Å². The lowest BCUT2D eigenvalue weighted by molar-refractivity contribution is 0.356. The monoisotopic (exact) mass is 251 g/mol. The number of fused-ring (bicyclic) bond motifs is 1. The minimum Gasteiger partial charge on any atom is -0.493 e. The Morgan fingerprint density at radius 2 is 2.35 bits per heavy atom. The molecule has 1 aromatic rings. The molecular weight excluding hydrogens is 230 g/mol. The summed E-state index contributed by atoms with van der Waals surface area (Å²) in [4.78, 5) is 0. The van der Waals surface area contributed by atoms with Crippen molar-refractivity contribution in [2.75, 3.05) is 25.2 Å². The Labute approximate surface area is 108 Å². The van der Waals surface area contributed by atoms with Crippen LogP contribution in [0, 0.1) is 0 Å². The molecule has 0 saturated heterocycles. The average molecular weight is 251 g/mol. The molecule has 2 rings (SSSR count). The molecule has 17 heavy (non-hydrogen) atoms. The third-order valence-electron chi connectivity index (χ3n) is 3.18. The molecule has 0 saturated carbocycles. The Balaban J connectivity index is 2.11. The molecule has 1 heterocycles. The third-order valence-corrected chi connectivity index (χ3v) is 3.82. The predicted octanol–water partition coefficient (Wildman–Crippen LogP) is 3.03. The highest BCUT2D eigenvalue weighted by Gasteiger charge is 2.16. The number of hydrogen-bond acceptors (Lipinski definition) is 3. The third kappa shape index (κ3) is 3.17. The second-order valence-corrected chi connectivity index (χ2v) is 5.34. The summed E-state index contributed by atoms with van der Waals surface area (Å²) in [6, 6.07) is 7.13. The number of thioether (sulfide) groups is 1. The summed E-state index contributed by atoms with van der Waals surface area (Å²) in [5.41, 5.74) is 2.78. The van der Waals surface area contributed by atoms with E-state index in [9.17, 15) is 0 Å². The molecule has 0 aromatic heterocycles. The van der Waals surface area contributed by atoms with Gasteiger partial charge in [0, 0.05) is 12.5 Å². The van der Waals surface area contributed by atoms with Crippen molar-refractivity contribution in [2.24, 2.45) is 0 Å². The van der Waals surface area contributed by atoms with Crippen molar-refractivity contribution in [3.63, 3.8) is 0 Å². The molecule has 3 heteroatoms. The number of benzene rings is 1. The Kier molecular flexibility index (Phi) is 4.75. The first-order valence-corrected chi connectivity index (χ1v) is 7.72. The van der Waals surface area contributed by atoms with Gasteiger partial charge in [-0.1, -0.05) is 19.1 Å². The molecule has 2 nitrogen and oxygen atoms in total. The van der Waals surface area contributed by atoms with E-state index in [0.717, 1.165) is 25.3 Å². The molecule has 1 aromatic carbocycles. The molecule has 0 spiro atoms. The van der Waals surface area contributed by atoms with Gasteiger partial charge in [-0.2, -0.15) is 11.8 Å². The lowest BCUT2D eigenvalue weighted by Gasteiger charge is -2.18. The van der Waals surface area contributed by atoms with Crippen LogP contribution in [-0.2, 0) is 6.42 Å². The Morgan fingerprint density at radius 1 is 1.47 bits per heavy atom. The fourth-order valence-corrected chi connectivity index (χ4v) is 2.76. The van der Waals surface area contributed by atoms with E-state index in [-0.39, 0.29) is 0 Å². The molecule has 0 fully saturated rings. The summed E-state index contributed by atoms with van der Waals surface area (Å²) in [5.74, 6) is 2.28. The first kappa shape index (κ1) is 12.8. The van der Waals surface area contributed by atoms with Gasteiger partial charge in [-0.05, 0) is 42.2 Å². The highest BCUT2D eigenvalue weighted by Crippen LogP contribution is 2.29. The van der Waals surface area contributed by atoms with E-state index in [1.54, 1.807) is 0 Å². The summed E-state index contributed by atoms with van der Waals surface area (Å²) in [6.07, 6.45) is 4.42. The van der Waals surface area contributed by atoms with Crippen molar-refractivity contribution >= 4 is 11.8 Å². The topological polar surface area (TPSA) is 21.3 Å². The standard InChI is InChI=1S/C14H21NOS/c1-3-15-13(7-9-17-2)11-4-5-14-12(10-11)6-8-16-14/h4-5,10,13,15H,3,6-9H2,1-2H3. The quantitative estimate of drug-likeness (QED) is 0.839. The molecule has 1 N–H and O–H groups in total. The summed E-state index contributed by atoms with van der Waals surface area (Å²) in [5, 5.41) is 3.57. The minimum absolute atomic E-state index is 0.485. The number of nitrogens with one attached hydrogen (secondary N) is 1. The van der Waals surface area contributed by atoms with Crippen LogP contribution in [0.5, 0.6) is 5.75 Å². The molecule has 94 valence electrons. The van der Waals surface area contributed by atoms with Crippen molar-refractivity contribution < 1.29 is 4.74 Å². The molecule has 1 aliphatic rings. The van der Waals surface area contributed by atoms with Gasteiger partial charge in [0.1, 0.15) is 5.75 Å². The van der Waals surface area contributed by atoms with Gasteiger partial charge in [0.05, 0.1) is 6.61 Å². The van der Waals surface area contributed by atoms with Crippen LogP contribution in [-0.4, -0.2) is 25.2 Å². The van der Waals surface area contributed by atoms with Crippen LogP contribution in [0.2, 0.25) is 0 Å². The van der Waals surface area contributed by atoms with E-state index in [1.165, 1.54) is 23.3 Å². The normalized spacial score (nSPS) is 15.4. The molecule has 1 aliphatic heterocycles. The highest BCUT2D eigenvalue weighted by atomic mass is 32.2. The summed E-state index contributed by atoms with van der Waals surface area (Å²) < 4.78 is 5.55. The van der Waals surface area contributed by atoms with Gasteiger partial charge >= 0.3 is 0 Å². The van der Waals surface area contributed by atoms with Crippen LogP contribution < -0.4 is 10.1 Å². The maximum atomic E-state index is 5.55. The van der Waals surface area contributed by atoms with Crippen LogP contribution in [0.1, 0.15) is 30.5 Å². The SMILES string of the molecule is CCNC(CCSC)c1ccc2c(c1)CCO2. The molecular formula is C14H21NOS. The van der Waals surface area contributed by atoms with Crippen molar-refractivity contribution in [2.45, 2.75) is 25.8 Å². The first-order chi connectivity index (χ1) is 8.35. The molecule has 0 radical (unpaired) electrons. The second kappa shape index (κ2) is 6.31. The number of rotatable bonds is 6. The zero-order valence-electron chi connectivity index (χ0n) is 10.7. The smallest absolute Gasteiger partial charge is 0.122 e. The van der Waals surface area contributed by atoms with Gasteiger partial charge in [0.2, 0.25) is 0 Å². The van der Waals surface area contributed by atoms with Crippen molar-refractivity contribution in [1.29, 1.82) is 0 Å². The summed E-state index contributed by atoms with van der Waals surface area (Å²) in [6.45, 7) is 4.03. The van der Waals surface area contributed by atoms with E-state index < -0.39 is 0 Å².